The standard InChI is InChI=1S/C15H25Cl2N3/c1-5-6-7-8-15(2,3)10-19-14-12(17)9-11(16)13(18-4)20-14/h9H,5-8,10H2,1-4H3,(H2,18,19,20). The Bertz CT molecular complexity index is 433. The van der Waals surface area contributed by atoms with Gasteiger partial charge >= 0.3 is 0 Å². The predicted octanol–water partition coefficient (Wildman–Crippen LogP) is 5.45. The summed E-state index contributed by atoms with van der Waals surface area (Å²) in [5, 5.41) is 7.39. The molecule has 0 aromatic carbocycles. The first kappa shape index (κ1) is 17.4. The molecule has 0 aliphatic rings. The maximum absolute atomic E-state index is 6.18. The van der Waals surface area contributed by atoms with Crippen molar-refractivity contribution in [3.8, 4) is 0 Å². The van der Waals surface area contributed by atoms with Crippen molar-refractivity contribution in [1.29, 1.82) is 0 Å². The summed E-state index contributed by atoms with van der Waals surface area (Å²) in [7, 11) is 1.79. The number of anilines is 2. The van der Waals surface area contributed by atoms with E-state index in [-0.39, 0.29) is 5.41 Å². The molecule has 20 heavy (non-hydrogen) atoms. The van der Waals surface area contributed by atoms with Crippen LogP contribution in [0.3, 0.4) is 0 Å². The topological polar surface area (TPSA) is 37.0 Å². The minimum absolute atomic E-state index is 0.222. The lowest BCUT2D eigenvalue weighted by molar-refractivity contribution is 0.342. The summed E-state index contributed by atoms with van der Waals surface area (Å²) < 4.78 is 0. The number of unbranched alkanes of at least 4 members (excludes halogenated alkanes) is 2. The largest absolute Gasteiger partial charge is 0.372 e. The van der Waals surface area contributed by atoms with Crippen molar-refractivity contribution in [2.75, 3.05) is 24.2 Å². The van der Waals surface area contributed by atoms with Gasteiger partial charge in [-0.05, 0) is 17.9 Å². The average Bonchev–Trinajstić information content (AvgIpc) is 2.38. The van der Waals surface area contributed by atoms with Gasteiger partial charge in [0.05, 0.1) is 10.0 Å². The normalized spacial score (nSPS) is 11.5. The van der Waals surface area contributed by atoms with Crippen LogP contribution in [0.2, 0.25) is 10.0 Å². The van der Waals surface area contributed by atoms with E-state index in [9.17, 15) is 0 Å². The fourth-order valence-corrected chi connectivity index (χ4v) is 2.55. The van der Waals surface area contributed by atoms with Crippen molar-refractivity contribution in [3.63, 3.8) is 0 Å². The predicted molar refractivity (Wildman–Crippen MR) is 90.2 cm³/mol. The highest BCUT2D eigenvalue weighted by molar-refractivity contribution is 6.37. The molecule has 0 amide bonds. The molecule has 0 fully saturated rings. The van der Waals surface area contributed by atoms with E-state index in [2.05, 4.69) is 36.4 Å². The van der Waals surface area contributed by atoms with Crippen molar-refractivity contribution in [3.05, 3.63) is 16.1 Å². The fraction of sp³-hybridized carbons (Fsp3) is 0.667. The zero-order valence-electron chi connectivity index (χ0n) is 12.8. The number of hydrogen-bond donors (Lipinski definition) is 2. The first-order valence-corrected chi connectivity index (χ1v) is 7.93. The Morgan fingerprint density at radius 3 is 2.40 bits per heavy atom. The molecule has 1 rings (SSSR count). The van der Waals surface area contributed by atoms with E-state index >= 15 is 0 Å². The molecule has 0 saturated carbocycles. The fourth-order valence-electron chi connectivity index (χ4n) is 2.03. The Hall–Kier alpha value is -0.670. The van der Waals surface area contributed by atoms with E-state index in [1.165, 1.54) is 25.7 Å². The van der Waals surface area contributed by atoms with E-state index < -0.39 is 0 Å². The van der Waals surface area contributed by atoms with Crippen LogP contribution in [0.5, 0.6) is 0 Å². The third-order valence-corrected chi connectivity index (χ3v) is 3.93. The Morgan fingerprint density at radius 2 is 1.80 bits per heavy atom. The molecule has 2 N–H and O–H groups in total. The molecule has 5 heteroatoms. The number of hydrogen-bond acceptors (Lipinski definition) is 3. The van der Waals surface area contributed by atoms with E-state index in [4.69, 9.17) is 23.2 Å². The summed E-state index contributed by atoms with van der Waals surface area (Å²) >= 11 is 12.2. The van der Waals surface area contributed by atoms with Crippen LogP contribution >= 0.6 is 23.2 Å². The lowest BCUT2D eigenvalue weighted by Crippen LogP contribution is -2.23. The second-order valence-corrected chi connectivity index (χ2v) is 6.69. The van der Waals surface area contributed by atoms with Gasteiger partial charge in [0.25, 0.3) is 0 Å². The van der Waals surface area contributed by atoms with Gasteiger partial charge in [0, 0.05) is 13.6 Å². The SMILES string of the molecule is CCCCCC(C)(C)CNc1nc(NC)c(Cl)cc1Cl. The quantitative estimate of drug-likeness (QED) is 0.626. The molecule has 0 aliphatic carbocycles. The van der Waals surface area contributed by atoms with Gasteiger partial charge in [0.1, 0.15) is 11.6 Å². The number of nitrogens with one attached hydrogen (secondary N) is 2. The molecule has 0 aliphatic heterocycles. The minimum Gasteiger partial charge on any atom is -0.372 e. The molecule has 0 radical (unpaired) electrons. The molecular weight excluding hydrogens is 293 g/mol. The molecule has 0 unspecified atom stereocenters. The first-order valence-electron chi connectivity index (χ1n) is 7.17. The van der Waals surface area contributed by atoms with Gasteiger partial charge in [-0.1, -0.05) is 63.2 Å². The summed E-state index contributed by atoms with van der Waals surface area (Å²) in [5.41, 5.74) is 0.222. The van der Waals surface area contributed by atoms with Crippen molar-refractivity contribution in [2.45, 2.75) is 46.5 Å². The lowest BCUT2D eigenvalue weighted by Gasteiger charge is -2.25. The van der Waals surface area contributed by atoms with Gasteiger partial charge < -0.3 is 10.6 Å². The third kappa shape index (κ3) is 5.37. The van der Waals surface area contributed by atoms with Crippen LogP contribution in [0.15, 0.2) is 6.07 Å². The molecule has 1 heterocycles. The number of nitrogens with zero attached hydrogens (tertiary/aromatic N) is 1. The Labute approximate surface area is 132 Å². The monoisotopic (exact) mass is 317 g/mol. The summed E-state index contributed by atoms with van der Waals surface area (Å²) in [6, 6.07) is 1.72. The van der Waals surface area contributed by atoms with Crippen LogP contribution in [-0.2, 0) is 0 Å². The zero-order valence-corrected chi connectivity index (χ0v) is 14.3. The second kappa shape index (κ2) is 7.94. The number of pyridine rings is 1. The van der Waals surface area contributed by atoms with Crippen LogP contribution in [0, 0.1) is 5.41 Å². The van der Waals surface area contributed by atoms with Gasteiger partial charge in [0.15, 0.2) is 0 Å². The minimum atomic E-state index is 0.222. The molecule has 0 spiro atoms. The number of aromatic nitrogens is 1. The molecule has 0 bridgehead atoms. The highest BCUT2D eigenvalue weighted by Gasteiger charge is 2.18. The summed E-state index contributed by atoms with van der Waals surface area (Å²) in [5.74, 6) is 1.33. The van der Waals surface area contributed by atoms with Crippen LogP contribution < -0.4 is 10.6 Å². The highest BCUT2D eigenvalue weighted by Crippen LogP contribution is 2.30. The first-order chi connectivity index (χ1) is 9.39. The van der Waals surface area contributed by atoms with Gasteiger partial charge in [-0.2, -0.15) is 0 Å². The van der Waals surface area contributed by atoms with Crippen LogP contribution in [0.25, 0.3) is 0 Å². The van der Waals surface area contributed by atoms with E-state index in [1.807, 2.05) is 0 Å². The molecule has 3 nitrogen and oxygen atoms in total. The van der Waals surface area contributed by atoms with Crippen molar-refractivity contribution in [1.82, 2.24) is 4.98 Å². The molecule has 0 saturated heterocycles. The van der Waals surface area contributed by atoms with E-state index in [0.29, 0.717) is 21.7 Å². The molecule has 1 aromatic heterocycles. The van der Waals surface area contributed by atoms with Gasteiger partial charge in [-0.25, -0.2) is 4.98 Å². The molecule has 1 aromatic rings. The maximum atomic E-state index is 6.18. The number of rotatable bonds is 8. The summed E-state index contributed by atoms with van der Waals surface area (Å²) in [6.07, 6.45) is 4.99. The zero-order chi connectivity index (χ0) is 15.2. The van der Waals surface area contributed by atoms with Crippen molar-refractivity contribution < 1.29 is 0 Å². The molecular formula is C15H25Cl2N3. The van der Waals surface area contributed by atoms with Crippen LogP contribution in [-0.4, -0.2) is 18.6 Å². The highest BCUT2D eigenvalue weighted by atomic mass is 35.5. The van der Waals surface area contributed by atoms with E-state index in [1.54, 1.807) is 13.1 Å². The Kier molecular flexibility index (Phi) is 6.90. The van der Waals surface area contributed by atoms with Crippen molar-refractivity contribution >= 4 is 34.8 Å². The molecule has 114 valence electrons. The molecule has 0 atom stereocenters. The van der Waals surface area contributed by atoms with Gasteiger partial charge in [-0.15, -0.1) is 0 Å². The van der Waals surface area contributed by atoms with Crippen LogP contribution in [0.1, 0.15) is 46.5 Å². The number of halogens is 2. The summed E-state index contributed by atoms with van der Waals surface area (Å²) in [6.45, 7) is 7.59. The Balaban J connectivity index is 2.64. The second-order valence-electron chi connectivity index (χ2n) is 5.87. The van der Waals surface area contributed by atoms with Crippen molar-refractivity contribution in [2.24, 2.45) is 5.41 Å². The van der Waals surface area contributed by atoms with Crippen LogP contribution in [0.4, 0.5) is 11.6 Å². The smallest absolute Gasteiger partial charge is 0.147 e. The maximum Gasteiger partial charge on any atom is 0.147 e. The lowest BCUT2D eigenvalue weighted by atomic mass is 9.87. The van der Waals surface area contributed by atoms with E-state index in [0.717, 1.165) is 6.54 Å². The summed E-state index contributed by atoms with van der Waals surface area (Å²) in [4.78, 5) is 4.40. The Morgan fingerprint density at radius 1 is 1.15 bits per heavy atom. The van der Waals surface area contributed by atoms with Gasteiger partial charge in [-0.3, -0.25) is 0 Å². The average molecular weight is 318 g/mol. The third-order valence-electron chi connectivity index (χ3n) is 3.36. The van der Waals surface area contributed by atoms with Gasteiger partial charge in [0.2, 0.25) is 0 Å².